The number of likely N-dealkylation sites (tertiary alicyclic amines) is 1. The van der Waals surface area contributed by atoms with Gasteiger partial charge in [0, 0.05) is 30.9 Å². The number of fused-ring (bicyclic) bond motifs is 1. The van der Waals surface area contributed by atoms with Crippen LogP contribution in [0, 0.1) is 17.8 Å². The van der Waals surface area contributed by atoms with Crippen LogP contribution in [-0.4, -0.2) is 78.6 Å². The number of hydrogen-bond donors (Lipinski definition) is 2. The van der Waals surface area contributed by atoms with E-state index in [-0.39, 0.29) is 23.8 Å². The number of anilines is 1. The van der Waals surface area contributed by atoms with E-state index in [1.807, 2.05) is 30.4 Å². The maximum atomic E-state index is 14.3. The number of hydrogen-bond acceptors (Lipinski definition) is 6. The second-order valence-corrected chi connectivity index (χ2v) is 12.9. The van der Waals surface area contributed by atoms with Gasteiger partial charge in [-0.05, 0) is 56.5 Å². The first kappa shape index (κ1) is 30.3. The van der Waals surface area contributed by atoms with Crippen LogP contribution in [0.2, 0.25) is 0 Å². The van der Waals surface area contributed by atoms with Crippen LogP contribution in [-0.2, 0) is 25.7 Å². The Morgan fingerprint density at radius 3 is 2.66 bits per heavy atom. The van der Waals surface area contributed by atoms with Gasteiger partial charge in [0.1, 0.15) is 17.4 Å². The Kier molecular flexibility index (Phi) is 8.78. The summed E-state index contributed by atoms with van der Waals surface area (Å²) in [5.41, 5.74) is 0.634. The van der Waals surface area contributed by atoms with E-state index >= 15 is 0 Å². The van der Waals surface area contributed by atoms with Crippen molar-refractivity contribution in [3.63, 3.8) is 0 Å². The molecule has 1 saturated carbocycles. The second-order valence-electron chi connectivity index (χ2n) is 12.9. The molecule has 1 spiro atoms. The molecule has 44 heavy (non-hydrogen) atoms. The smallest absolute Gasteiger partial charge is 0.246 e. The molecule has 3 fully saturated rings. The van der Waals surface area contributed by atoms with Crippen LogP contribution in [0.15, 0.2) is 66.7 Å². The molecule has 6 rings (SSSR count). The van der Waals surface area contributed by atoms with Crippen LogP contribution < -0.4 is 15.4 Å². The minimum Gasteiger partial charge on any atom is -0.497 e. The summed E-state index contributed by atoms with van der Waals surface area (Å²) >= 11 is 0. The number of carbonyl (C=O) groups excluding carboxylic acids is 3. The molecule has 3 aliphatic heterocycles. The first-order valence-electron chi connectivity index (χ1n) is 16.0. The Morgan fingerprint density at radius 2 is 1.89 bits per heavy atom. The molecule has 2 N–H and O–H groups in total. The van der Waals surface area contributed by atoms with Crippen LogP contribution in [0.4, 0.5) is 5.69 Å². The third kappa shape index (κ3) is 5.75. The van der Waals surface area contributed by atoms with E-state index in [0.29, 0.717) is 30.3 Å². The summed E-state index contributed by atoms with van der Waals surface area (Å²) in [6, 6.07) is 16.6. The van der Waals surface area contributed by atoms with E-state index < -0.39 is 29.6 Å². The van der Waals surface area contributed by atoms with E-state index in [1.165, 1.54) is 12.0 Å². The van der Waals surface area contributed by atoms with Crippen LogP contribution in [0.5, 0.6) is 5.75 Å². The van der Waals surface area contributed by atoms with Crippen molar-refractivity contribution >= 4 is 23.4 Å². The van der Waals surface area contributed by atoms with Crippen LogP contribution in [0.3, 0.4) is 0 Å². The topological polar surface area (TPSA) is 100 Å². The molecule has 9 heteroatoms. The van der Waals surface area contributed by atoms with Crippen molar-refractivity contribution in [3.05, 3.63) is 72.3 Å². The zero-order chi connectivity index (χ0) is 30.8. The number of rotatable bonds is 11. The Hall–Kier alpha value is -3.69. The summed E-state index contributed by atoms with van der Waals surface area (Å²) in [4.78, 5) is 46.2. The summed E-state index contributed by atoms with van der Waals surface area (Å²) in [5, 5.41) is 6.28. The monoisotopic (exact) mass is 600 g/mol. The molecule has 3 heterocycles. The van der Waals surface area contributed by atoms with Gasteiger partial charge in [0.25, 0.3) is 0 Å². The number of amides is 3. The molecule has 1 aliphatic carbocycles. The molecular formula is C35H44N4O5. The fraction of sp³-hybridized carbons (Fsp3) is 0.514. The van der Waals surface area contributed by atoms with Crippen molar-refractivity contribution in [2.45, 2.75) is 69.4 Å². The minimum absolute atomic E-state index is 0.0652. The number of nitrogens with zero attached hydrogens (tertiary/aromatic N) is 2. The maximum Gasteiger partial charge on any atom is 0.246 e. The summed E-state index contributed by atoms with van der Waals surface area (Å²) in [7, 11) is 3.64. The lowest BCUT2D eigenvalue weighted by Crippen LogP contribution is -2.57. The average molecular weight is 601 g/mol. The van der Waals surface area contributed by atoms with E-state index in [9.17, 15) is 14.4 Å². The Bertz CT molecular complexity index is 1400. The van der Waals surface area contributed by atoms with Gasteiger partial charge in [-0.1, -0.05) is 68.3 Å². The standard InChI is InChI=1S/C35H44N4O5/c1-23-11-7-8-16-27(23)37-33(41)31-35-18-17-28(44-35)29(32(40)36-25-14-9-15-26(21-25)43-3)30(35)34(42)39(31)20-10-19-38(2)22-24-12-5-4-6-13-24/h4-6,9,12-15,17-18,21,23,27-31H,7-8,10-11,16,19-20,22H2,1-3H3,(H,36,40)(H,37,41)/t23-,27+,28-,29+,30-,31-,35-/m1/s1. The van der Waals surface area contributed by atoms with Gasteiger partial charge in [0.15, 0.2) is 0 Å². The predicted molar refractivity (Wildman–Crippen MR) is 168 cm³/mol. The quantitative estimate of drug-likeness (QED) is 0.379. The van der Waals surface area contributed by atoms with Crippen molar-refractivity contribution in [1.82, 2.24) is 15.1 Å². The third-order valence-electron chi connectivity index (χ3n) is 9.94. The summed E-state index contributed by atoms with van der Waals surface area (Å²) < 4.78 is 11.8. The van der Waals surface area contributed by atoms with Crippen LogP contribution in [0.25, 0.3) is 0 Å². The van der Waals surface area contributed by atoms with Crippen molar-refractivity contribution in [1.29, 1.82) is 0 Å². The van der Waals surface area contributed by atoms with Crippen molar-refractivity contribution < 1.29 is 23.9 Å². The maximum absolute atomic E-state index is 14.3. The molecule has 2 saturated heterocycles. The minimum atomic E-state index is -1.17. The van der Waals surface area contributed by atoms with Gasteiger partial charge in [-0.15, -0.1) is 0 Å². The van der Waals surface area contributed by atoms with Gasteiger partial charge < -0.3 is 29.9 Å². The summed E-state index contributed by atoms with van der Waals surface area (Å²) in [6.45, 7) is 4.14. The normalized spacial score (nSPS) is 30.5. The molecule has 3 amide bonds. The highest BCUT2D eigenvalue weighted by Crippen LogP contribution is 2.55. The van der Waals surface area contributed by atoms with Gasteiger partial charge in [-0.2, -0.15) is 0 Å². The molecule has 9 nitrogen and oxygen atoms in total. The summed E-state index contributed by atoms with van der Waals surface area (Å²) in [5.74, 6) is -1.19. The summed E-state index contributed by atoms with van der Waals surface area (Å²) in [6.07, 6.45) is 8.11. The second kappa shape index (κ2) is 12.7. The first-order chi connectivity index (χ1) is 21.3. The van der Waals surface area contributed by atoms with Crippen molar-refractivity contribution in [3.8, 4) is 5.75 Å². The predicted octanol–water partition coefficient (Wildman–Crippen LogP) is 4.00. The molecule has 7 atom stereocenters. The van der Waals surface area contributed by atoms with Crippen LogP contribution in [0.1, 0.15) is 44.6 Å². The SMILES string of the molecule is COc1cccc(NC(=O)[C@H]2[C@H]3C=C[C@@]4(O3)[C@H]2C(=O)N(CCCN(C)Cc2ccccc2)[C@@H]4C(=O)N[C@H]2CCCC[C@H]2C)c1. The molecule has 0 unspecified atom stereocenters. The lowest BCUT2D eigenvalue weighted by atomic mass is 9.74. The molecule has 0 radical (unpaired) electrons. The fourth-order valence-corrected chi connectivity index (χ4v) is 7.71. The van der Waals surface area contributed by atoms with Gasteiger partial charge in [0.05, 0.1) is 25.0 Å². The fourth-order valence-electron chi connectivity index (χ4n) is 7.71. The van der Waals surface area contributed by atoms with Gasteiger partial charge >= 0.3 is 0 Å². The number of benzene rings is 2. The van der Waals surface area contributed by atoms with Crippen molar-refractivity contribution in [2.24, 2.45) is 17.8 Å². The largest absolute Gasteiger partial charge is 0.497 e. The van der Waals surface area contributed by atoms with E-state index in [1.54, 1.807) is 36.3 Å². The Morgan fingerprint density at radius 1 is 1.09 bits per heavy atom. The molecule has 0 aromatic heterocycles. The van der Waals surface area contributed by atoms with Gasteiger partial charge in [-0.25, -0.2) is 0 Å². The van der Waals surface area contributed by atoms with Crippen LogP contribution >= 0.6 is 0 Å². The highest BCUT2D eigenvalue weighted by atomic mass is 16.5. The Balaban J connectivity index is 1.22. The lowest BCUT2D eigenvalue weighted by Gasteiger charge is -2.36. The number of carbonyl (C=O) groups is 3. The Labute approximate surface area is 260 Å². The van der Waals surface area contributed by atoms with E-state index in [2.05, 4.69) is 41.6 Å². The van der Waals surface area contributed by atoms with E-state index in [4.69, 9.17) is 9.47 Å². The number of nitrogens with one attached hydrogen (secondary N) is 2. The zero-order valence-corrected chi connectivity index (χ0v) is 25.9. The van der Waals surface area contributed by atoms with Gasteiger partial charge in [0.2, 0.25) is 17.7 Å². The van der Waals surface area contributed by atoms with Gasteiger partial charge in [-0.3, -0.25) is 14.4 Å². The third-order valence-corrected chi connectivity index (χ3v) is 9.94. The van der Waals surface area contributed by atoms with E-state index in [0.717, 1.165) is 32.4 Å². The average Bonchev–Trinajstić information content (AvgIpc) is 3.66. The highest BCUT2D eigenvalue weighted by molar-refractivity contribution is 6.02. The van der Waals surface area contributed by atoms with Crippen molar-refractivity contribution in [2.75, 3.05) is 32.6 Å². The zero-order valence-electron chi connectivity index (χ0n) is 25.9. The molecule has 2 aromatic rings. The first-order valence-corrected chi connectivity index (χ1v) is 16.0. The lowest BCUT2D eigenvalue weighted by molar-refractivity contribution is -0.141. The molecule has 234 valence electrons. The number of ether oxygens (including phenoxy) is 2. The molecule has 4 aliphatic rings. The molecule has 2 aromatic carbocycles. The highest BCUT2D eigenvalue weighted by Gasteiger charge is 2.72. The molecular weight excluding hydrogens is 556 g/mol. The number of methoxy groups -OCH3 is 1. The molecule has 2 bridgehead atoms.